The van der Waals surface area contributed by atoms with Crippen molar-refractivity contribution in [3.8, 4) is 0 Å². The summed E-state index contributed by atoms with van der Waals surface area (Å²) in [5.41, 5.74) is -0.804. The SMILES string of the molecule is COCC1(C(=O)OC)CCN(C(=O)NC2CCC(C(=O)O)CC2)C1. The first-order valence-corrected chi connectivity index (χ1v) is 8.27. The second kappa shape index (κ2) is 7.83. The molecule has 136 valence electrons. The number of methoxy groups -OCH3 is 2. The van der Waals surface area contributed by atoms with E-state index >= 15 is 0 Å². The van der Waals surface area contributed by atoms with Gasteiger partial charge in [-0.2, -0.15) is 0 Å². The first-order valence-electron chi connectivity index (χ1n) is 8.27. The highest BCUT2D eigenvalue weighted by atomic mass is 16.5. The Morgan fingerprint density at radius 3 is 2.42 bits per heavy atom. The Morgan fingerprint density at radius 1 is 1.21 bits per heavy atom. The summed E-state index contributed by atoms with van der Waals surface area (Å²) in [6.45, 7) is 0.950. The molecular formula is C16H26N2O6. The highest BCUT2D eigenvalue weighted by Gasteiger charge is 2.47. The van der Waals surface area contributed by atoms with Gasteiger partial charge in [-0.15, -0.1) is 0 Å². The number of amides is 2. The van der Waals surface area contributed by atoms with Crippen LogP contribution >= 0.6 is 0 Å². The summed E-state index contributed by atoms with van der Waals surface area (Å²) in [4.78, 5) is 37.1. The molecule has 2 amide bonds. The van der Waals surface area contributed by atoms with Crippen LogP contribution < -0.4 is 5.32 Å². The predicted molar refractivity (Wildman–Crippen MR) is 84.4 cm³/mol. The molecule has 2 aliphatic rings. The molecule has 1 unspecified atom stereocenters. The molecule has 0 aromatic carbocycles. The molecular weight excluding hydrogens is 316 g/mol. The van der Waals surface area contributed by atoms with E-state index in [1.165, 1.54) is 14.2 Å². The number of rotatable bonds is 5. The van der Waals surface area contributed by atoms with Gasteiger partial charge in [0.2, 0.25) is 0 Å². The molecule has 1 heterocycles. The van der Waals surface area contributed by atoms with Crippen molar-refractivity contribution in [2.75, 3.05) is 33.9 Å². The maximum atomic E-state index is 12.4. The number of likely N-dealkylation sites (tertiary alicyclic amines) is 1. The van der Waals surface area contributed by atoms with Crippen LogP contribution in [0.4, 0.5) is 4.79 Å². The Morgan fingerprint density at radius 2 is 1.88 bits per heavy atom. The van der Waals surface area contributed by atoms with E-state index < -0.39 is 11.4 Å². The third-order valence-electron chi connectivity index (χ3n) is 5.08. The fraction of sp³-hybridized carbons (Fsp3) is 0.812. The van der Waals surface area contributed by atoms with Crippen LogP contribution in [0.5, 0.6) is 0 Å². The molecule has 0 spiro atoms. The molecule has 2 fully saturated rings. The number of carbonyl (C=O) groups is 3. The van der Waals surface area contributed by atoms with Crippen molar-refractivity contribution < 1.29 is 29.0 Å². The first kappa shape index (κ1) is 18.5. The number of aliphatic carboxylic acids is 1. The largest absolute Gasteiger partial charge is 0.481 e. The van der Waals surface area contributed by atoms with Crippen molar-refractivity contribution in [3.05, 3.63) is 0 Å². The van der Waals surface area contributed by atoms with Gasteiger partial charge in [0, 0.05) is 26.2 Å². The molecule has 8 heteroatoms. The van der Waals surface area contributed by atoms with Crippen LogP contribution in [0, 0.1) is 11.3 Å². The predicted octanol–water partition coefficient (Wildman–Crippen LogP) is 0.851. The molecule has 1 saturated heterocycles. The van der Waals surface area contributed by atoms with Gasteiger partial charge in [-0.05, 0) is 32.1 Å². The quantitative estimate of drug-likeness (QED) is 0.718. The minimum absolute atomic E-state index is 0.0105. The van der Waals surface area contributed by atoms with Crippen molar-refractivity contribution in [2.45, 2.75) is 38.1 Å². The molecule has 0 aromatic heterocycles. The Bertz CT molecular complexity index is 489. The molecule has 24 heavy (non-hydrogen) atoms. The molecule has 0 radical (unpaired) electrons. The van der Waals surface area contributed by atoms with E-state index in [-0.39, 0.29) is 37.1 Å². The van der Waals surface area contributed by atoms with E-state index in [0.717, 1.165) is 0 Å². The summed E-state index contributed by atoms with van der Waals surface area (Å²) in [6, 6.07) is -0.223. The van der Waals surface area contributed by atoms with Crippen LogP contribution in [0.25, 0.3) is 0 Å². The number of ether oxygens (including phenoxy) is 2. The smallest absolute Gasteiger partial charge is 0.317 e. The standard InChI is InChI=1S/C16H26N2O6/c1-23-10-16(14(21)24-2)7-8-18(9-16)15(22)17-12-5-3-11(4-6-12)13(19)20/h11-12H,3-10H2,1-2H3,(H,17,22)(H,19,20). The molecule has 1 aliphatic heterocycles. The Hall–Kier alpha value is -1.83. The second-order valence-corrected chi connectivity index (χ2v) is 6.71. The zero-order valence-electron chi connectivity index (χ0n) is 14.2. The van der Waals surface area contributed by atoms with Gasteiger partial charge in [-0.1, -0.05) is 0 Å². The summed E-state index contributed by atoms with van der Waals surface area (Å²) in [5, 5.41) is 12.0. The van der Waals surface area contributed by atoms with Crippen molar-refractivity contribution >= 4 is 18.0 Å². The third kappa shape index (κ3) is 3.98. The maximum Gasteiger partial charge on any atom is 0.317 e. The van der Waals surface area contributed by atoms with Gasteiger partial charge in [-0.3, -0.25) is 9.59 Å². The lowest BCUT2D eigenvalue weighted by Crippen LogP contribution is -2.47. The summed E-state index contributed by atoms with van der Waals surface area (Å²) >= 11 is 0. The van der Waals surface area contributed by atoms with E-state index in [1.54, 1.807) is 4.90 Å². The fourth-order valence-electron chi connectivity index (χ4n) is 3.63. The Balaban J connectivity index is 1.88. The number of hydrogen-bond acceptors (Lipinski definition) is 5. The highest BCUT2D eigenvalue weighted by Crippen LogP contribution is 2.32. The van der Waals surface area contributed by atoms with Crippen molar-refractivity contribution in [1.82, 2.24) is 10.2 Å². The summed E-state index contributed by atoms with van der Waals surface area (Å²) in [6.07, 6.45) is 2.99. The normalized spacial score (nSPS) is 30.0. The van der Waals surface area contributed by atoms with Crippen LogP contribution in [-0.2, 0) is 19.1 Å². The number of carboxylic acids is 1. The van der Waals surface area contributed by atoms with Crippen LogP contribution in [0.2, 0.25) is 0 Å². The number of esters is 1. The van der Waals surface area contributed by atoms with E-state index in [4.69, 9.17) is 14.6 Å². The monoisotopic (exact) mass is 342 g/mol. The summed E-state index contributed by atoms with van der Waals surface area (Å²) in [5.74, 6) is -1.43. The lowest BCUT2D eigenvalue weighted by Gasteiger charge is -2.29. The summed E-state index contributed by atoms with van der Waals surface area (Å²) < 4.78 is 10.0. The van der Waals surface area contributed by atoms with Gasteiger partial charge in [0.25, 0.3) is 0 Å². The third-order valence-corrected chi connectivity index (χ3v) is 5.08. The summed E-state index contributed by atoms with van der Waals surface area (Å²) in [7, 11) is 2.86. The average Bonchev–Trinajstić information content (AvgIpc) is 3.00. The number of nitrogens with one attached hydrogen (secondary N) is 1. The highest BCUT2D eigenvalue weighted by molar-refractivity contribution is 5.81. The number of urea groups is 1. The molecule has 0 bridgehead atoms. The number of carboxylic acid groups (broad SMARTS) is 1. The second-order valence-electron chi connectivity index (χ2n) is 6.71. The van der Waals surface area contributed by atoms with E-state index in [9.17, 15) is 14.4 Å². The zero-order chi connectivity index (χ0) is 17.7. The van der Waals surface area contributed by atoms with Gasteiger partial charge in [0.1, 0.15) is 5.41 Å². The van der Waals surface area contributed by atoms with E-state index in [0.29, 0.717) is 38.6 Å². The first-order chi connectivity index (χ1) is 11.4. The van der Waals surface area contributed by atoms with Gasteiger partial charge in [0.05, 0.1) is 19.6 Å². The molecule has 2 N–H and O–H groups in total. The van der Waals surface area contributed by atoms with E-state index in [2.05, 4.69) is 5.32 Å². The Labute approximate surface area is 141 Å². The fourth-order valence-corrected chi connectivity index (χ4v) is 3.63. The van der Waals surface area contributed by atoms with Crippen LogP contribution in [-0.4, -0.2) is 67.9 Å². The van der Waals surface area contributed by atoms with Gasteiger partial charge in [0.15, 0.2) is 0 Å². The van der Waals surface area contributed by atoms with Crippen LogP contribution in [0.3, 0.4) is 0 Å². The molecule has 0 aromatic rings. The molecule has 1 saturated carbocycles. The maximum absolute atomic E-state index is 12.4. The Kier molecular flexibility index (Phi) is 6.04. The average molecular weight is 342 g/mol. The molecule has 8 nitrogen and oxygen atoms in total. The van der Waals surface area contributed by atoms with Crippen molar-refractivity contribution in [3.63, 3.8) is 0 Å². The van der Waals surface area contributed by atoms with E-state index in [1.807, 2.05) is 0 Å². The minimum atomic E-state index is -0.804. The molecule has 2 rings (SSSR count). The van der Waals surface area contributed by atoms with Crippen LogP contribution in [0.15, 0.2) is 0 Å². The number of hydrogen-bond donors (Lipinski definition) is 2. The lowest BCUT2D eigenvalue weighted by molar-refractivity contribution is -0.155. The number of carbonyl (C=O) groups excluding carboxylic acids is 2. The number of nitrogens with zero attached hydrogens (tertiary/aromatic N) is 1. The van der Waals surface area contributed by atoms with Gasteiger partial charge >= 0.3 is 18.0 Å². The topological polar surface area (TPSA) is 105 Å². The van der Waals surface area contributed by atoms with Gasteiger partial charge in [-0.25, -0.2) is 4.79 Å². The van der Waals surface area contributed by atoms with Gasteiger partial charge < -0.3 is 24.8 Å². The molecule has 1 aliphatic carbocycles. The zero-order valence-corrected chi connectivity index (χ0v) is 14.2. The van der Waals surface area contributed by atoms with Crippen molar-refractivity contribution in [1.29, 1.82) is 0 Å². The minimum Gasteiger partial charge on any atom is -0.481 e. The molecule has 1 atom stereocenters. The van der Waals surface area contributed by atoms with Crippen molar-refractivity contribution in [2.24, 2.45) is 11.3 Å². The lowest BCUT2D eigenvalue weighted by atomic mass is 9.86. The van der Waals surface area contributed by atoms with Crippen LogP contribution in [0.1, 0.15) is 32.1 Å².